The molecule has 0 radical (unpaired) electrons. The third kappa shape index (κ3) is 3.78. The lowest BCUT2D eigenvalue weighted by Crippen LogP contribution is -2.38. The van der Waals surface area contributed by atoms with Gasteiger partial charge in [0, 0.05) is 38.0 Å². The summed E-state index contributed by atoms with van der Waals surface area (Å²) in [6.07, 6.45) is 3.15. The number of hydrogen-bond acceptors (Lipinski definition) is 4. The van der Waals surface area contributed by atoms with Crippen LogP contribution in [0.4, 0.5) is 8.78 Å². The Morgan fingerprint density at radius 3 is 2.86 bits per heavy atom. The highest BCUT2D eigenvalue weighted by atomic mass is 32.2. The number of hydrogen-bond donors (Lipinski definition) is 2. The Kier molecular flexibility index (Phi) is 4.64. The lowest BCUT2D eigenvalue weighted by Gasteiger charge is -2.31. The van der Waals surface area contributed by atoms with Gasteiger partial charge in [0.2, 0.25) is 0 Å². The Hall–Kier alpha value is -1.06. The van der Waals surface area contributed by atoms with Crippen molar-refractivity contribution in [1.82, 2.24) is 15.1 Å². The smallest absolute Gasteiger partial charge is 0.255 e. The van der Waals surface area contributed by atoms with E-state index < -0.39 is 21.9 Å². The first kappa shape index (κ1) is 16.3. The van der Waals surface area contributed by atoms with Gasteiger partial charge in [-0.15, -0.1) is 0 Å². The number of primary sulfonamides is 1. The molecular formula is C12H20F2N4O2S. The van der Waals surface area contributed by atoms with E-state index in [1.807, 2.05) is 0 Å². The molecule has 1 atom stereocenters. The van der Waals surface area contributed by atoms with E-state index in [9.17, 15) is 17.2 Å². The topological polar surface area (TPSA) is 90.0 Å². The van der Waals surface area contributed by atoms with Gasteiger partial charge in [0.05, 0.1) is 6.20 Å². The number of sulfonamides is 1. The maximum absolute atomic E-state index is 13.7. The molecule has 0 aliphatic heterocycles. The summed E-state index contributed by atoms with van der Waals surface area (Å²) in [6.45, 7) is 0.290. The first-order valence-electron chi connectivity index (χ1n) is 6.84. The minimum absolute atomic E-state index is 0.0747. The average molecular weight is 322 g/mol. The van der Waals surface area contributed by atoms with Crippen LogP contribution in [0.2, 0.25) is 0 Å². The molecule has 6 nitrogen and oxygen atoms in total. The molecule has 3 N–H and O–H groups in total. The summed E-state index contributed by atoms with van der Waals surface area (Å²) in [7, 11) is -2.42. The average Bonchev–Trinajstić information content (AvgIpc) is 2.72. The molecular weight excluding hydrogens is 302 g/mol. The molecule has 0 amide bonds. The summed E-state index contributed by atoms with van der Waals surface area (Å²) in [6, 6.07) is 0. The Morgan fingerprint density at radius 1 is 1.52 bits per heavy atom. The Bertz CT molecular complexity index is 600. The van der Waals surface area contributed by atoms with Crippen LogP contribution in [0, 0.1) is 5.92 Å². The molecule has 1 unspecified atom stereocenters. The van der Waals surface area contributed by atoms with Gasteiger partial charge in [-0.1, -0.05) is 6.42 Å². The number of alkyl halides is 2. The van der Waals surface area contributed by atoms with Gasteiger partial charge < -0.3 is 5.32 Å². The van der Waals surface area contributed by atoms with E-state index in [1.54, 1.807) is 0 Å². The SMILES string of the molecule is Cn1ncc(CNCC2CCCCC2(F)F)c1S(N)(=O)=O. The van der Waals surface area contributed by atoms with E-state index in [0.717, 1.165) is 6.42 Å². The zero-order valence-electron chi connectivity index (χ0n) is 11.8. The summed E-state index contributed by atoms with van der Waals surface area (Å²) in [5, 5.41) is 11.8. The number of nitrogens with two attached hydrogens (primary N) is 1. The van der Waals surface area contributed by atoms with Crippen LogP contribution >= 0.6 is 0 Å². The summed E-state index contributed by atoms with van der Waals surface area (Å²) >= 11 is 0. The standard InChI is InChI=1S/C12H20F2N4O2S/c1-18-11(21(15,19)20)9(7-17-18)6-16-8-10-4-2-3-5-12(10,13)14/h7,10,16H,2-6,8H2,1H3,(H2,15,19,20). The lowest BCUT2D eigenvalue weighted by molar-refractivity contribution is -0.0844. The molecule has 1 aromatic rings. The Balaban J connectivity index is 1.98. The van der Waals surface area contributed by atoms with Crippen molar-refractivity contribution in [3.05, 3.63) is 11.8 Å². The number of aromatic nitrogens is 2. The monoisotopic (exact) mass is 322 g/mol. The van der Waals surface area contributed by atoms with Crippen molar-refractivity contribution in [3.8, 4) is 0 Å². The Labute approximate surface area is 122 Å². The van der Waals surface area contributed by atoms with Crippen molar-refractivity contribution in [2.24, 2.45) is 18.1 Å². The van der Waals surface area contributed by atoms with Crippen LogP contribution in [0.1, 0.15) is 31.2 Å². The third-order valence-corrected chi connectivity index (χ3v) is 4.91. The zero-order valence-corrected chi connectivity index (χ0v) is 12.7. The number of nitrogens with zero attached hydrogens (tertiary/aromatic N) is 2. The van der Waals surface area contributed by atoms with E-state index >= 15 is 0 Å². The molecule has 1 aromatic heterocycles. The summed E-state index contributed by atoms with van der Waals surface area (Å²) < 4.78 is 51.5. The molecule has 0 bridgehead atoms. The molecule has 0 spiro atoms. The van der Waals surface area contributed by atoms with Gasteiger partial charge >= 0.3 is 0 Å². The normalized spacial score (nSPS) is 22.4. The number of nitrogens with one attached hydrogen (secondary N) is 1. The van der Waals surface area contributed by atoms with Gasteiger partial charge in [0.1, 0.15) is 0 Å². The largest absolute Gasteiger partial charge is 0.312 e. The molecule has 21 heavy (non-hydrogen) atoms. The van der Waals surface area contributed by atoms with Crippen molar-refractivity contribution in [1.29, 1.82) is 0 Å². The molecule has 1 saturated carbocycles. The minimum atomic E-state index is -3.89. The van der Waals surface area contributed by atoms with E-state index in [-0.39, 0.29) is 24.5 Å². The first-order valence-corrected chi connectivity index (χ1v) is 8.38. The van der Waals surface area contributed by atoms with Crippen molar-refractivity contribution < 1.29 is 17.2 Å². The van der Waals surface area contributed by atoms with Gasteiger partial charge in [-0.25, -0.2) is 22.3 Å². The highest BCUT2D eigenvalue weighted by Gasteiger charge is 2.40. The van der Waals surface area contributed by atoms with Gasteiger partial charge in [-0.05, 0) is 12.8 Å². The predicted molar refractivity (Wildman–Crippen MR) is 73.2 cm³/mol. The Morgan fingerprint density at radius 2 is 2.24 bits per heavy atom. The van der Waals surface area contributed by atoms with Gasteiger partial charge in [-0.2, -0.15) is 5.10 Å². The zero-order chi connectivity index (χ0) is 15.7. The van der Waals surface area contributed by atoms with Crippen LogP contribution in [0.15, 0.2) is 11.2 Å². The van der Waals surface area contributed by atoms with Crippen LogP contribution < -0.4 is 10.5 Å². The molecule has 1 aliphatic rings. The number of halogens is 2. The molecule has 0 aromatic carbocycles. The van der Waals surface area contributed by atoms with Crippen LogP contribution in [-0.4, -0.2) is 30.7 Å². The highest BCUT2D eigenvalue weighted by Crippen LogP contribution is 2.37. The summed E-state index contributed by atoms with van der Waals surface area (Å²) in [5.74, 6) is -3.36. The third-order valence-electron chi connectivity index (χ3n) is 3.84. The van der Waals surface area contributed by atoms with Crippen molar-refractivity contribution >= 4 is 10.0 Å². The molecule has 9 heteroatoms. The fraction of sp³-hybridized carbons (Fsp3) is 0.750. The fourth-order valence-corrected chi connectivity index (χ4v) is 3.66. The molecule has 0 saturated heterocycles. The van der Waals surface area contributed by atoms with E-state index in [2.05, 4.69) is 10.4 Å². The summed E-state index contributed by atoms with van der Waals surface area (Å²) in [5.41, 5.74) is 0.388. The van der Waals surface area contributed by atoms with Crippen molar-refractivity contribution in [2.45, 2.75) is 43.2 Å². The molecule has 2 rings (SSSR count). The van der Waals surface area contributed by atoms with Crippen LogP contribution in [-0.2, 0) is 23.6 Å². The predicted octanol–water partition coefficient (Wildman–Crippen LogP) is 0.983. The number of aryl methyl sites for hydroxylation is 1. The van der Waals surface area contributed by atoms with Crippen LogP contribution in [0.5, 0.6) is 0 Å². The molecule has 1 heterocycles. The number of rotatable bonds is 5. The summed E-state index contributed by atoms with van der Waals surface area (Å²) in [4.78, 5) is 0. The van der Waals surface area contributed by atoms with E-state index in [1.165, 1.54) is 17.9 Å². The van der Waals surface area contributed by atoms with Crippen molar-refractivity contribution in [3.63, 3.8) is 0 Å². The van der Waals surface area contributed by atoms with Crippen LogP contribution in [0.25, 0.3) is 0 Å². The quantitative estimate of drug-likeness (QED) is 0.845. The van der Waals surface area contributed by atoms with Crippen LogP contribution in [0.3, 0.4) is 0 Å². The second-order valence-electron chi connectivity index (χ2n) is 5.48. The van der Waals surface area contributed by atoms with E-state index in [4.69, 9.17) is 5.14 Å². The second kappa shape index (κ2) is 5.98. The fourth-order valence-electron chi connectivity index (χ4n) is 2.76. The van der Waals surface area contributed by atoms with Gasteiger partial charge in [0.25, 0.3) is 15.9 Å². The van der Waals surface area contributed by atoms with Gasteiger partial charge in [-0.3, -0.25) is 4.68 Å². The maximum atomic E-state index is 13.7. The molecule has 120 valence electrons. The minimum Gasteiger partial charge on any atom is -0.312 e. The maximum Gasteiger partial charge on any atom is 0.255 e. The highest BCUT2D eigenvalue weighted by molar-refractivity contribution is 7.89. The first-order chi connectivity index (χ1) is 9.72. The lowest BCUT2D eigenvalue weighted by atomic mass is 9.85. The van der Waals surface area contributed by atoms with Crippen molar-refractivity contribution in [2.75, 3.05) is 6.54 Å². The molecule has 1 fully saturated rings. The van der Waals surface area contributed by atoms with E-state index in [0.29, 0.717) is 18.4 Å². The van der Waals surface area contributed by atoms with Gasteiger partial charge in [0.15, 0.2) is 5.03 Å². The second-order valence-corrected chi connectivity index (χ2v) is 6.95. The molecule has 1 aliphatic carbocycles.